The number of esters is 1. The summed E-state index contributed by atoms with van der Waals surface area (Å²) in [5.74, 6) is -2.19. The lowest BCUT2D eigenvalue weighted by atomic mass is 10.1. The van der Waals surface area contributed by atoms with E-state index in [9.17, 15) is 24.5 Å². The first kappa shape index (κ1) is 22.3. The van der Waals surface area contributed by atoms with Gasteiger partial charge in [-0.3, -0.25) is 29.4 Å². The molecule has 3 aromatic rings. The van der Waals surface area contributed by atoms with Gasteiger partial charge in [-0.15, -0.1) is 11.3 Å². The molecule has 10 heteroatoms. The zero-order chi connectivity index (χ0) is 23.5. The van der Waals surface area contributed by atoms with Crippen molar-refractivity contribution in [2.45, 2.75) is 13.3 Å². The third-order valence-corrected chi connectivity index (χ3v) is 6.24. The molecule has 0 bridgehead atoms. The van der Waals surface area contributed by atoms with Crippen LogP contribution in [0.5, 0.6) is 0 Å². The second-order valence-corrected chi connectivity index (χ2v) is 8.69. The van der Waals surface area contributed by atoms with Crippen molar-refractivity contribution in [1.82, 2.24) is 4.98 Å². The Hall–Kier alpha value is -3.92. The summed E-state index contributed by atoms with van der Waals surface area (Å²) in [6.45, 7) is 1.48. The number of aryl methyl sites for hydroxylation is 1. The van der Waals surface area contributed by atoms with Crippen molar-refractivity contribution in [3.63, 3.8) is 0 Å². The van der Waals surface area contributed by atoms with E-state index in [1.165, 1.54) is 34.4 Å². The van der Waals surface area contributed by atoms with E-state index >= 15 is 0 Å². The lowest BCUT2D eigenvalue weighted by molar-refractivity contribution is -0.384. The van der Waals surface area contributed by atoms with Crippen molar-refractivity contribution in [3.8, 4) is 11.3 Å². The van der Waals surface area contributed by atoms with Crippen LogP contribution in [0.2, 0.25) is 0 Å². The number of carbonyl (C=O) groups excluding carboxylic acids is 3. The smallest absolute Gasteiger partial charge is 0.311 e. The maximum Gasteiger partial charge on any atom is 0.311 e. The highest BCUT2D eigenvalue weighted by Gasteiger charge is 2.38. The molecule has 2 heterocycles. The highest BCUT2D eigenvalue weighted by Crippen LogP contribution is 2.35. The lowest BCUT2D eigenvalue weighted by Crippen LogP contribution is -2.27. The van der Waals surface area contributed by atoms with E-state index < -0.39 is 29.2 Å². The minimum atomic E-state index is -0.722. The molecule has 4 rings (SSSR count). The maximum absolute atomic E-state index is 12.6. The lowest BCUT2D eigenvalue weighted by Gasteiger charge is -2.12. The second-order valence-electron chi connectivity index (χ2n) is 7.51. The van der Waals surface area contributed by atoms with E-state index in [0.717, 1.165) is 22.2 Å². The Morgan fingerprint density at radius 2 is 1.97 bits per heavy atom. The van der Waals surface area contributed by atoms with Crippen LogP contribution < -0.4 is 4.90 Å². The van der Waals surface area contributed by atoms with Gasteiger partial charge in [-0.1, -0.05) is 42.5 Å². The number of nitrogens with zero attached hydrogens (tertiary/aromatic N) is 3. The van der Waals surface area contributed by atoms with Gasteiger partial charge in [0.25, 0.3) is 5.69 Å². The summed E-state index contributed by atoms with van der Waals surface area (Å²) < 4.78 is 5.12. The fraction of sp³-hybridized carbons (Fsp3) is 0.217. The van der Waals surface area contributed by atoms with Gasteiger partial charge in [-0.05, 0) is 6.92 Å². The van der Waals surface area contributed by atoms with Crippen LogP contribution in [-0.2, 0) is 14.3 Å². The number of anilines is 1. The predicted octanol–water partition coefficient (Wildman–Crippen LogP) is 3.81. The van der Waals surface area contributed by atoms with Crippen LogP contribution in [0.1, 0.15) is 21.7 Å². The van der Waals surface area contributed by atoms with Crippen molar-refractivity contribution >= 4 is 39.8 Å². The first-order valence-electron chi connectivity index (χ1n) is 10.1. The minimum absolute atomic E-state index is 0.0386. The normalized spacial score (nSPS) is 15.5. The summed E-state index contributed by atoms with van der Waals surface area (Å²) in [5, 5.41) is 11.4. The summed E-state index contributed by atoms with van der Waals surface area (Å²) in [7, 11) is 0. The van der Waals surface area contributed by atoms with Gasteiger partial charge in [0.2, 0.25) is 11.7 Å². The molecule has 1 aliphatic rings. The summed E-state index contributed by atoms with van der Waals surface area (Å²) in [4.78, 5) is 54.6. The Bertz CT molecular complexity index is 1240. The van der Waals surface area contributed by atoms with Gasteiger partial charge >= 0.3 is 5.97 Å². The highest BCUT2D eigenvalue weighted by atomic mass is 32.1. The summed E-state index contributed by atoms with van der Waals surface area (Å²) >= 11 is 1.38. The first-order chi connectivity index (χ1) is 15.8. The van der Waals surface area contributed by atoms with Crippen LogP contribution in [0.15, 0.2) is 54.6 Å². The molecule has 1 saturated heterocycles. The molecule has 0 radical (unpaired) electrons. The van der Waals surface area contributed by atoms with Crippen molar-refractivity contribution < 1.29 is 24.0 Å². The van der Waals surface area contributed by atoms with E-state index in [1.807, 2.05) is 37.3 Å². The van der Waals surface area contributed by atoms with Gasteiger partial charge in [0.05, 0.1) is 16.5 Å². The molecule has 1 aromatic heterocycles. The number of hydrogen-bond acceptors (Lipinski definition) is 8. The molecule has 1 amide bonds. The van der Waals surface area contributed by atoms with Gasteiger partial charge in [0.15, 0.2) is 11.7 Å². The number of ether oxygens (including phenoxy) is 1. The summed E-state index contributed by atoms with van der Waals surface area (Å²) in [5.41, 5.74) is 1.59. The van der Waals surface area contributed by atoms with Gasteiger partial charge in [0, 0.05) is 41.1 Å². The van der Waals surface area contributed by atoms with Crippen LogP contribution in [0, 0.1) is 23.0 Å². The van der Waals surface area contributed by atoms with E-state index in [-0.39, 0.29) is 30.1 Å². The van der Waals surface area contributed by atoms with Gasteiger partial charge in [-0.25, -0.2) is 4.98 Å². The molecule has 33 heavy (non-hydrogen) atoms. The summed E-state index contributed by atoms with van der Waals surface area (Å²) in [6.07, 6.45) is -0.0386. The Balaban J connectivity index is 1.39. The molecule has 168 valence electrons. The molecular weight excluding hydrogens is 446 g/mol. The molecule has 0 spiro atoms. The molecule has 0 unspecified atom stereocenters. The number of non-ortho nitro benzene ring substituents is 1. The van der Waals surface area contributed by atoms with Crippen molar-refractivity contribution in [2.75, 3.05) is 18.1 Å². The third kappa shape index (κ3) is 4.80. The Morgan fingerprint density at radius 1 is 1.21 bits per heavy atom. The monoisotopic (exact) mass is 465 g/mol. The van der Waals surface area contributed by atoms with Gasteiger partial charge < -0.3 is 4.74 Å². The molecule has 0 aliphatic carbocycles. The number of nitro groups is 1. The zero-order valence-electron chi connectivity index (χ0n) is 17.6. The van der Waals surface area contributed by atoms with Gasteiger partial charge in [0.1, 0.15) is 0 Å². The van der Waals surface area contributed by atoms with Crippen LogP contribution >= 0.6 is 11.3 Å². The van der Waals surface area contributed by atoms with E-state index in [2.05, 4.69) is 4.98 Å². The van der Waals surface area contributed by atoms with E-state index in [4.69, 9.17) is 4.74 Å². The van der Waals surface area contributed by atoms with Gasteiger partial charge in [-0.2, -0.15) is 0 Å². The number of nitro benzene ring substituents is 1. The average molecular weight is 465 g/mol. The number of aromatic nitrogens is 1. The molecule has 0 N–H and O–H groups in total. The van der Waals surface area contributed by atoms with E-state index in [1.54, 1.807) is 0 Å². The Kier molecular flexibility index (Phi) is 6.27. The van der Waals surface area contributed by atoms with Crippen LogP contribution in [-0.4, -0.2) is 40.7 Å². The topological polar surface area (TPSA) is 120 Å². The van der Waals surface area contributed by atoms with Crippen molar-refractivity contribution in [1.29, 1.82) is 0 Å². The SMILES string of the molecule is Cc1sc(N2C[C@H](C(=O)OCC(=O)c3cccc([N+](=O)[O-])c3)CC2=O)nc1-c1ccccc1. The first-order valence-corrected chi connectivity index (χ1v) is 10.9. The number of rotatable bonds is 7. The number of thiazole rings is 1. The molecule has 9 nitrogen and oxygen atoms in total. The quantitative estimate of drug-likeness (QED) is 0.225. The number of hydrogen-bond donors (Lipinski definition) is 0. The van der Waals surface area contributed by atoms with Crippen molar-refractivity contribution in [2.24, 2.45) is 5.92 Å². The summed E-state index contributed by atoms with van der Waals surface area (Å²) in [6, 6.07) is 14.8. The standard InChI is InChI=1S/C23H19N3O6S/c1-14-21(15-6-3-2-4-7-15)24-23(33-14)25-12-17(11-20(25)28)22(29)32-13-19(27)16-8-5-9-18(10-16)26(30)31/h2-10,17H,11-13H2,1H3/t17-/m1/s1. The predicted molar refractivity (Wildman–Crippen MR) is 121 cm³/mol. The Morgan fingerprint density at radius 3 is 2.70 bits per heavy atom. The van der Waals surface area contributed by atoms with Crippen LogP contribution in [0.25, 0.3) is 11.3 Å². The van der Waals surface area contributed by atoms with E-state index in [0.29, 0.717) is 5.13 Å². The number of amides is 1. The number of ketones is 1. The second kappa shape index (κ2) is 9.29. The number of Topliss-reactive ketones (excluding diaryl/α,β-unsaturated/α-hetero) is 1. The van der Waals surface area contributed by atoms with Crippen LogP contribution in [0.4, 0.5) is 10.8 Å². The fourth-order valence-electron chi connectivity index (χ4n) is 3.54. The number of benzene rings is 2. The largest absolute Gasteiger partial charge is 0.457 e. The highest BCUT2D eigenvalue weighted by molar-refractivity contribution is 7.16. The number of carbonyl (C=O) groups is 3. The maximum atomic E-state index is 12.6. The third-order valence-electron chi connectivity index (χ3n) is 5.25. The zero-order valence-corrected chi connectivity index (χ0v) is 18.4. The molecular formula is C23H19N3O6S. The molecule has 1 fully saturated rings. The Labute approximate surface area is 192 Å². The molecule has 2 aromatic carbocycles. The van der Waals surface area contributed by atoms with Crippen molar-refractivity contribution in [3.05, 3.63) is 75.2 Å². The minimum Gasteiger partial charge on any atom is -0.457 e. The average Bonchev–Trinajstić information content (AvgIpc) is 3.40. The fourth-order valence-corrected chi connectivity index (χ4v) is 4.50. The molecule has 1 aliphatic heterocycles. The van der Waals surface area contributed by atoms with Crippen LogP contribution in [0.3, 0.4) is 0 Å². The molecule has 1 atom stereocenters. The molecule has 0 saturated carbocycles.